The minimum Gasteiger partial charge on any atom is -0.481 e. The van der Waals surface area contributed by atoms with Crippen LogP contribution in [0.4, 0.5) is 0 Å². The van der Waals surface area contributed by atoms with Crippen LogP contribution in [-0.4, -0.2) is 28.5 Å². The van der Waals surface area contributed by atoms with Crippen molar-refractivity contribution in [2.45, 2.75) is 12.2 Å². The van der Waals surface area contributed by atoms with Crippen LogP contribution in [0.2, 0.25) is 0 Å². The summed E-state index contributed by atoms with van der Waals surface area (Å²) in [6, 6.07) is 0. The van der Waals surface area contributed by atoms with Crippen LogP contribution in [0.15, 0.2) is 12.2 Å². The molecule has 1 fully saturated rings. The number of carbonyl (C=O) groups excluding carboxylic acids is 1. The Morgan fingerprint density at radius 2 is 1.77 bits per heavy atom. The van der Waals surface area contributed by atoms with Crippen molar-refractivity contribution in [2.24, 2.45) is 11.8 Å². The van der Waals surface area contributed by atoms with Gasteiger partial charge in [-0.3, -0.25) is 9.59 Å². The quantitative estimate of drug-likeness (QED) is 0.520. The van der Waals surface area contributed by atoms with E-state index in [0.29, 0.717) is 0 Å². The summed E-state index contributed by atoms with van der Waals surface area (Å²) in [5.41, 5.74) is 0. The Hall–Kier alpha value is -0.870. The Morgan fingerprint density at radius 1 is 1.23 bits per heavy atom. The van der Waals surface area contributed by atoms with E-state index in [1.54, 1.807) is 12.2 Å². The van der Waals surface area contributed by atoms with E-state index in [-0.39, 0.29) is 0 Å². The number of carboxylic acids is 1. The van der Waals surface area contributed by atoms with E-state index < -0.39 is 35.3 Å². The molecule has 2 aliphatic rings. The molecule has 0 amide bonds. The lowest BCUT2D eigenvalue weighted by molar-refractivity contribution is -0.145. The fourth-order valence-corrected chi connectivity index (χ4v) is 2.13. The maximum atomic E-state index is 10.9. The van der Waals surface area contributed by atoms with Gasteiger partial charge < -0.3 is 9.84 Å². The zero-order valence-electron chi connectivity index (χ0n) is 6.51. The minimum absolute atomic E-state index is 0.448. The molecule has 0 aliphatic carbocycles. The summed E-state index contributed by atoms with van der Waals surface area (Å²) >= 11 is 5.30. The highest BCUT2D eigenvalue weighted by Crippen LogP contribution is 2.40. The molecular formula is C8H7ClO4. The largest absolute Gasteiger partial charge is 0.481 e. The fourth-order valence-electron chi connectivity index (χ4n) is 1.87. The molecule has 1 saturated heterocycles. The molecule has 2 heterocycles. The molecule has 4 unspecified atom stereocenters. The second kappa shape index (κ2) is 2.82. The standard InChI is InChI=1S/C8H7ClO4/c9-7(10)5-3-1-2-4(13-3)6(5)8(11)12/h1-6H,(H,11,12). The number of rotatable bonds is 2. The Balaban J connectivity index is 2.30. The first-order valence-electron chi connectivity index (χ1n) is 3.87. The van der Waals surface area contributed by atoms with E-state index in [1.165, 1.54) is 0 Å². The van der Waals surface area contributed by atoms with Gasteiger partial charge in [0.05, 0.1) is 18.1 Å². The monoisotopic (exact) mass is 202 g/mol. The lowest BCUT2D eigenvalue weighted by atomic mass is 9.84. The SMILES string of the molecule is O=C(O)C1C2C=CC(O2)C1C(=O)Cl. The van der Waals surface area contributed by atoms with Crippen LogP contribution in [-0.2, 0) is 14.3 Å². The average molecular weight is 203 g/mol. The number of carbonyl (C=O) groups is 2. The normalized spacial score (nSPS) is 41.0. The van der Waals surface area contributed by atoms with Gasteiger partial charge in [-0.2, -0.15) is 0 Å². The Bertz CT molecular complexity index is 271. The minimum atomic E-state index is -1.03. The number of halogens is 1. The first kappa shape index (κ1) is 8.72. The summed E-state index contributed by atoms with van der Waals surface area (Å²) in [4.78, 5) is 21.7. The molecule has 0 aromatic rings. The average Bonchev–Trinajstić information content (AvgIpc) is 2.60. The smallest absolute Gasteiger partial charge is 0.310 e. The zero-order chi connectivity index (χ0) is 9.59. The third-order valence-electron chi connectivity index (χ3n) is 2.45. The molecule has 0 spiro atoms. The number of fused-ring (bicyclic) bond motifs is 2. The first-order chi connectivity index (χ1) is 6.11. The van der Waals surface area contributed by atoms with Crippen LogP contribution in [0, 0.1) is 11.8 Å². The second-order valence-electron chi connectivity index (χ2n) is 3.14. The lowest BCUT2D eigenvalue weighted by Gasteiger charge is -2.17. The number of hydrogen-bond donors (Lipinski definition) is 1. The van der Waals surface area contributed by atoms with Gasteiger partial charge in [0.2, 0.25) is 5.24 Å². The van der Waals surface area contributed by atoms with Crippen molar-refractivity contribution in [2.75, 3.05) is 0 Å². The third-order valence-corrected chi connectivity index (χ3v) is 2.70. The molecule has 2 rings (SSSR count). The van der Waals surface area contributed by atoms with Crippen molar-refractivity contribution in [1.29, 1.82) is 0 Å². The molecule has 0 saturated carbocycles. The van der Waals surface area contributed by atoms with E-state index in [4.69, 9.17) is 21.4 Å². The van der Waals surface area contributed by atoms with E-state index in [9.17, 15) is 9.59 Å². The zero-order valence-corrected chi connectivity index (χ0v) is 7.27. The maximum Gasteiger partial charge on any atom is 0.310 e. The summed E-state index contributed by atoms with van der Waals surface area (Å²) in [7, 11) is 0. The Kier molecular flexibility index (Phi) is 1.89. The van der Waals surface area contributed by atoms with Gasteiger partial charge in [0.25, 0.3) is 0 Å². The van der Waals surface area contributed by atoms with Gasteiger partial charge in [0, 0.05) is 0 Å². The molecule has 0 aromatic carbocycles. The Labute approximate surface area is 79.1 Å². The van der Waals surface area contributed by atoms with E-state index >= 15 is 0 Å². The van der Waals surface area contributed by atoms with Crippen molar-refractivity contribution in [1.82, 2.24) is 0 Å². The highest BCUT2D eigenvalue weighted by Gasteiger charge is 2.52. The lowest BCUT2D eigenvalue weighted by Crippen LogP contribution is -2.34. The maximum absolute atomic E-state index is 10.9. The summed E-state index contributed by atoms with van der Waals surface area (Å²) in [5.74, 6) is -2.58. The Morgan fingerprint density at radius 3 is 2.15 bits per heavy atom. The predicted octanol–water partition coefficient (Wildman–Crippen LogP) is 0.406. The van der Waals surface area contributed by atoms with Gasteiger partial charge in [0.1, 0.15) is 5.92 Å². The van der Waals surface area contributed by atoms with E-state index in [1.807, 2.05) is 0 Å². The summed E-state index contributed by atoms with van der Waals surface area (Å²) in [6.07, 6.45) is 2.42. The van der Waals surface area contributed by atoms with Gasteiger partial charge in [-0.05, 0) is 11.6 Å². The predicted molar refractivity (Wildman–Crippen MR) is 43.3 cm³/mol. The molecule has 0 aromatic heterocycles. The molecule has 0 radical (unpaired) electrons. The molecule has 4 nitrogen and oxygen atoms in total. The highest BCUT2D eigenvalue weighted by molar-refractivity contribution is 6.64. The van der Waals surface area contributed by atoms with Gasteiger partial charge in [-0.15, -0.1) is 0 Å². The van der Waals surface area contributed by atoms with Crippen molar-refractivity contribution in [3.05, 3.63) is 12.2 Å². The van der Waals surface area contributed by atoms with Gasteiger partial charge in [-0.25, -0.2) is 0 Å². The fraction of sp³-hybridized carbons (Fsp3) is 0.500. The summed E-state index contributed by atoms with van der Waals surface area (Å²) < 4.78 is 5.22. The van der Waals surface area contributed by atoms with Crippen LogP contribution in [0.3, 0.4) is 0 Å². The third kappa shape index (κ3) is 1.17. The van der Waals surface area contributed by atoms with Gasteiger partial charge in [0.15, 0.2) is 0 Å². The molecule has 1 N–H and O–H groups in total. The van der Waals surface area contributed by atoms with Crippen LogP contribution in [0.1, 0.15) is 0 Å². The van der Waals surface area contributed by atoms with Crippen LogP contribution in [0.5, 0.6) is 0 Å². The summed E-state index contributed by atoms with van der Waals surface area (Å²) in [5, 5.41) is 8.19. The van der Waals surface area contributed by atoms with Crippen molar-refractivity contribution in [3.63, 3.8) is 0 Å². The second-order valence-corrected chi connectivity index (χ2v) is 3.52. The molecule has 4 atom stereocenters. The summed E-state index contributed by atoms with van der Waals surface area (Å²) in [6.45, 7) is 0. The van der Waals surface area contributed by atoms with E-state index in [2.05, 4.69) is 0 Å². The van der Waals surface area contributed by atoms with E-state index in [0.717, 1.165) is 0 Å². The van der Waals surface area contributed by atoms with Crippen molar-refractivity contribution < 1.29 is 19.4 Å². The van der Waals surface area contributed by atoms with Crippen LogP contribution in [0.25, 0.3) is 0 Å². The number of carboxylic acid groups (broad SMARTS) is 1. The van der Waals surface area contributed by atoms with Crippen molar-refractivity contribution >= 4 is 22.8 Å². The number of aliphatic carboxylic acids is 1. The topological polar surface area (TPSA) is 63.6 Å². The molecule has 2 aliphatic heterocycles. The molecule has 70 valence electrons. The molecular weight excluding hydrogens is 196 g/mol. The van der Waals surface area contributed by atoms with Gasteiger partial charge >= 0.3 is 5.97 Å². The van der Waals surface area contributed by atoms with Crippen LogP contribution < -0.4 is 0 Å². The van der Waals surface area contributed by atoms with Crippen molar-refractivity contribution in [3.8, 4) is 0 Å². The number of hydrogen-bond acceptors (Lipinski definition) is 3. The molecule has 13 heavy (non-hydrogen) atoms. The number of ether oxygens (including phenoxy) is 1. The first-order valence-corrected chi connectivity index (χ1v) is 4.25. The van der Waals surface area contributed by atoms with Crippen LogP contribution >= 0.6 is 11.6 Å². The van der Waals surface area contributed by atoms with Gasteiger partial charge in [-0.1, -0.05) is 12.2 Å². The molecule has 5 heteroatoms. The molecule has 2 bridgehead atoms. The highest BCUT2D eigenvalue weighted by atomic mass is 35.5.